The average Bonchev–Trinajstić information content (AvgIpc) is 2.85. The predicted molar refractivity (Wildman–Crippen MR) is 73.4 cm³/mol. The summed E-state index contributed by atoms with van der Waals surface area (Å²) in [6.07, 6.45) is 5.66. The zero-order chi connectivity index (χ0) is 12.6. The first-order valence-corrected chi connectivity index (χ1v) is 7.77. The minimum Gasteiger partial charge on any atom is -0.320 e. The third-order valence-corrected chi connectivity index (χ3v) is 4.88. The van der Waals surface area contributed by atoms with Crippen molar-refractivity contribution in [3.05, 3.63) is 22.4 Å². The van der Waals surface area contributed by atoms with Crippen molar-refractivity contribution in [2.75, 3.05) is 6.54 Å². The molecule has 0 bridgehead atoms. The van der Waals surface area contributed by atoms with E-state index in [0.717, 1.165) is 25.8 Å². The molecule has 1 amide bonds. The van der Waals surface area contributed by atoms with Crippen LogP contribution in [0.5, 0.6) is 0 Å². The van der Waals surface area contributed by atoms with E-state index in [2.05, 4.69) is 34.7 Å². The number of carbonyl (C=O) groups is 1. The summed E-state index contributed by atoms with van der Waals surface area (Å²) in [6.45, 7) is 3.09. The first-order valence-electron chi connectivity index (χ1n) is 6.89. The molecule has 1 aromatic rings. The summed E-state index contributed by atoms with van der Waals surface area (Å²) in [5, 5.41) is 5.64. The molecule has 0 aromatic carbocycles. The van der Waals surface area contributed by atoms with Gasteiger partial charge in [-0.25, -0.2) is 0 Å². The number of unbranched alkanes of at least 4 members (excludes halogenated alkanes) is 2. The van der Waals surface area contributed by atoms with E-state index in [1.807, 2.05) is 0 Å². The van der Waals surface area contributed by atoms with Crippen molar-refractivity contribution in [1.29, 1.82) is 0 Å². The Balaban J connectivity index is 1.76. The summed E-state index contributed by atoms with van der Waals surface area (Å²) in [4.78, 5) is 15.8. The van der Waals surface area contributed by atoms with Crippen molar-refractivity contribution >= 4 is 17.2 Å². The van der Waals surface area contributed by atoms with Gasteiger partial charge in [-0.3, -0.25) is 10.1 Å². The molecule has 2 heterocycles. The highest BCUT2D eigenvalue weighted by molar-refractivity contribution is 7.10. The third-order valence-electron chi connectivity index (χ3n) is 3.96. The lowest BCUT2D eigenvalue weighted by molar-refractivity contribution is -0.130. The number of rotatable bonds is 5. The normalized spacial score (nSPS) is 25.1. The van der Waals surface area contributed by atoms with Gasteiger partial charge >= 0.3 is 0 Å². The van der Waals surface area contributed by atoms with Crippen LogP contribution in [0.4, 0.5) is 0 Å². The van der Waals surface area contributed by atoms with Crippen LogP contribution < -0.4 is 5.32 Å². The Morgan fingerprint density at radius 1 is 1.50 bits per heavy atom. The zero-order valence-electron chi connectivity index (χ0n) is 10.8. The Morgan fingerprint density at radius 3 is 2.94 bits per heavy atom. The predicted octanol–water partition coefficient (Wildman–Crippen LogP) is 2.90. The first kappa shape index (κ1) is 12.2. The van der Waals surface area contributed by atoms with Gasteiger partial charge in [0.15, 0.2) is 0 Å². The van der Waals surface area contributed by atoms with Crippen molar-refractivity contribution in [2.45, 2.75) is 50.7 Å². The molecule has 1 aliphatic carbocycles. The van der Waals surface area contributed by atoms with Crippen LogP contribution in [0.25, 0.3) is 0 Å². The molecule has 1 spiro atoms. The summed E-state index contributed by atoms with van der Waals surface area (Å²) >= 11 is 1.74. The molecular weight excluding hydrogens is 244 g/mol. The van der Waals surface area contributed by atoms with Crippen molar-refractivity contribution in [2.24, 2.45) is 0 Å². The van der Waals surface area contributed by atoms with Gasteiger partial charge in [0, 0.05) is 11.4 Å². The van der Waals surface area contributed by atoms with Crippen LogP contribution in [-0.2, 0) is 4.79 Å². The highest BCUT2D eigenvalue weighted by atomic mass is 32.1. The number of amides is 1. The highest BCUT2D eigenvalue weighted by Crippen LogP contribution is 2.46. The third kappa shape index (κ3) is 1.97. The second kappa shape index (κ2) is 4.67. The van der Waals surface area contributed by atoms with Crippen molar-refractivity contribution in [1.82, 2.24) is 10.2 Å². The van der Waals surface area contributed by atoms with E-state index in [4.69, 9.17) is 0 Å². The van der Waals surface area contributed by atoms with Crippen molar-refractivity contribution < 1.29 is 4.79 Å². The standard InChI is InChI=1S/C14H20N2OS/c1-2-3-4-9-16-12(11-6-5-10-18-11)15-14(7-8-14)13(16)17/h5-6,10,12,15H,2-4,7-9H2,1H3. The molecule has 1 aromatic heterocycles. The second-order valence-electron chi connectivity index (χ2n) is 5.35. The largest absolute Gasteiger partial charge is 0.320 e. The number of thiophene rings is 1. The Hall–Kier alpha value is -0.870. The molecule has 1 saturated carbocycles. The highest BCUT2D eigenvalue weighted by Gasteiger charge is 2.59. The molecule has 1 saturated heterocycles. The molecule has 1 aliphatic heterocycles. The lowest BCUT2D eigenvalue weighted by atomic mass is 10.2. The molecule has 18 heavy (non-hydrogen) atoms. The number of hydrogen-bond donors (Lipinski definition) is 1. The van der Waals surface area contributed by atoms with Crippen LogP contribution in [0, 0.1) is 0 Å². The summed E-state index contributed by atoms with van der Waals surface area (Å²) in [5.74, 6) is 0.331. The zero-order valence-corrected chi connectivity index (χ0v) is 11.6. The van der Waals surface area contributed by atoms with Gasteiger partial charge in [-0.15, -0.1) is 11.3 Å². The average molecular weight is 264 g/mol. The number of nitrogens with zero attached hydrogens (tertiary/aromatic N) is 1. The molecule has 98 valence electrons. The quantitative estimate of drug-likeness (QED) is 0.829. The fourth-order valence-electron chi connectivity index (χ4n) is 2.71. The van der Waals surface area contributed by atoms with Gasteiger partial charge < -0.3 is 4.90 Å². The van der Waals surface area contributed by atoms with E-state index in [9.17, 15) is 4.79 Å². The number of hydrogen-bond acceptors (Lipinski definition) is 3. The van der Waals surface area contributed by atoms with Gasteiger partial charge in [0.05, 0.1) is 0 Å². The van der Waals surface area contributed by atoms with Gasteiger partial charge in [0.2, 0.25) is 5.91 Å². The number of nitrogens with one attached hydrogen (secondary N) is 1. The Labute approximate surface area is 112 Å². The van der Waals surface area contributed by atoms with E-state index < -0.39 is 0 Å². The molecule has 0 radical (unpaired) electrons. The van der Waals surface area contributed by atoms with Gasteiger partial charge in [-0.05, 0) is 30.7 Å². The Bertz CT molecular complexity index is 425. The Morgan fingerprint density at radius 2 is 2.33 bits per heavy atom. The van der Waals surface area contributed by atoms with E-state index >= 15 is 0 Å². The fraction of sp³-hybridized carbons (Fsp3) is 0.643. The van der Waals surface area contributed by atoms with E-state index in [0.29, 0.717) is 5.91 Å². The van der Waals surface area contributed by atoms with Gasteiger partial charge in [0.25, 0.3) is 0 Å². The summed E-state index contributed by atoms with van der Waals surface area (Å²) in [5.41, 5.74) is -0.194. The topological polar surface area (TPSA) is 32.3 Å². The smallest absolute Gasteiger partial charge is 0.244 e. The van der Waals surface area contributed by atoms with E-state index in [1.165, 1.54) is 17.7 Å². The molecule has 3 rings (SSSR count). The maximum absolute atomic E-state index is 12.5. The molecule has 2 fully saturated rings. The maximum atomic E-state index is 12.5. The molecule has 2 aliphatic rings. The van der Waals surface area contributed by atoms with E-state index in [-0.39, 0.29) is 11.7 Å². The molecule has 1 N–H and O–H groups in total. The second-order valence-corrected chi connectivity index (χ2v) is 6.33. The SMILES string of the molecule is CCCCCN1C(=O)C2(CC2)NC1c1cccs1. The van der Waals surface area contributed by atoms with Crippen LogP contribution in [0.2, 0.25) is 0 Å². The monoisotopic (exact) mass is 264 g/mol. The van der Waals surface area contributed by atoms with Gasteiger partial charge in [-0.1, -0.05) is 25.8 Å². The van der Waals surface area contributed by atoms with Crippen LogP contribution in [0.1, 0.15) is 50.1 Å². The fourth-order valence-corrected chi connectivity index (χ4v) is 3.50. The minimum absolute atomic E-state index is 0.122. The lowest BCUT2D eigenvalue weighted by Crippen LogP contribution is -2.32. The van der Waals surface area contributed by atoms with Crippen LogP contribution >= 0.6 is 11.3 Å². The van der Waals surface area contributed by atoms with Gasteiger partial charge in [0.1, 0.15) is 11.7 Å². The van der Waals surface area contributed by atoms with E-state index in [1.54, 1.807) is 11.3 Å². The molecule has 4 heteroatoms. The first-order chi connectivity index (χ1) is 8.77. The summed E-state index contributed by atoms with van der Waals surface area (Å²) < 4.78 is 0. The van der Waals surface area contributed by atoms with Crippen LogP contribution in [-0.4, -0.2) is 22.9 Å². The lowest BCUT2D eigenvalue weighted by Gasteiger charge is -2.23. The summed E-state index contributed by atoms with van der Waals surface area (Å²) in [6, 6.07) is 4.19. The van der Waals surface area contributed by atoms with Gasteiger partial charge in [-0.2, -0.15) is 0 Å². The van der Waals surface area contributed by atoms with Crippen LogP contribution in [0.3, 0.4) is 0 Å². The van der Waals surface area contributed by atoms with Crippen LogP contribution in [0.15, 0.2) is 17.5 Å². The summed E-state index contributed by atoms with van der Waals surface area (Å²) in [7, 11) is 0. The molecular formula is C14H20N2OS. The van der Waals surface area contributed by atoms with Crippen molar-refractivity contribution in [3.8, 4) is 0 Å². The number of carbonyl (C=O) groups excluding carboxylic acids is 1. The molecule has 3 nitrogen and oxygen atoms in total. The van der Waals surface area contributed by atoms with Crippen molar-refractivity contribution in [3.63, 3.8) is 0 Å². The maximum Gasteiger partial charge on any atom is 0.244 e. The minimum atomic E-state index is -0.194. The molecule has 1 atom stereocenters. The molecule has 1 unspecified atom stereocenters. The Kier molecular flexibility index (Phi) is 3.16.